The fourth-order valence-corrected chi connectivity index (χ4v) is 3.04. The van der Waals surface area contributed by atoms with Gasteiger partial charge in [-0.05, 0) is 69.5 Å². The van der Waals surface area contributed by atoms with Gasteiger partial charge in [0.25, 0.3) is 0 Å². The first-order chi connectivity index (χ1) is 7.25. The lowest BCUT2D eigenvalue weighted by molar-refractivity contribution is 1.25. The van der Waals surface area contributed by atoms with Gasteiger partial charge in [0.15, 0.2) is 0 Å². The zero-order chi connectivity index (χ0) is 10.4. The standard InChI is InChI=1S/C13H8ClI/c14-9-4-5-10-8(6-9)7-12-11(10)2-1-3-13(12)15/h1-6H,7H2. The molecule has 0 bridgehead atoms. The smallest absolute Gasteiger partial charge is 0.0409 e. The van der Waals surface area contributed by atoms with Crippen LogP contribution in [0.25, 0.3) is 11.1 Å². The molecule has 0 nitrogen and oxygen atoms in total. The number of fused-ring (bicyclic) bond motifs is 3. The van der Waals surface area contributed by atoms with Crippen LogP contribution in [0.2, 0.25) is 5.02 Å². The summed E-state index contributed by atoms with van der Waals surface area (Å²) in [5, 5.41) is 0.830. The average Bonchev–Trinajstić information content (AvgIpc) is 2.57. The van der Waals surface area contributed by atoms with Crippen LogP contribution in [0.15, 0.2) is 36.4 Å². The second kappa shape index (κ2) is 3.49. The Hall–Kier alpha value is -0.540. The molecule has 0 spiro atoms. The van der Waals surface area contributed by atoms with E-state index in [0.29, 0.717) is 0 Å². The Bertz CT molecular complexity index is 546. The molecule has 0 N–H and O–H groups in total. The zero-order valence-corrected chi connectivity index (χ0v) is 10.8. The highest BCUT2D eigenvalue weighted by Crippen LogP contribution is 2.39. The van der Waals surface area contributed by atoms with Gasteiger partial charge in [-0.25, -0.2) is 0 Å². The van der Waals surface area contributed by atoms with Crippen molar-refractivity contribution in [3.05, 3.63) is 56.1 Å². The number of benzene rings is 2. The Morgan fingerprint density at radius 3 is 2.80 bits per heavy atom. The van der Waals surface area contributed by atoms with Gasteiger partial charge in [-0.3, -0.25) is 0 Å². The number of hydrogen-bond acceptors (Lipinski definition) is 0. The molecule has 0 amide bonds. The van der Waals surface area contributed by atoms with E-state index in [1.54, 1.807) is 0 Å². The van der Waals surface area contributed by atoms with Crippen molar-refractivity contribution in [2.75, 3.05) is 0 Å². The SMILES string of the molecule is Clc1ccc2c(c1)Cc1c(I)cccc1-2. The van der Waals surface area contributed by atoms with Gasteiger partial charge in [0.1, 0.15) is 0 Å². The fourth-order valence-electron chi connectivity index (χ4n) is 2.15. The maximum atomic E-state index is 6.00. The van der Waals surface area contributed by atoms with Crippen LogP contribution in [0.5, 0.6) is 0 Å². The van der Waals surface area contributed by atoms with Crippen LogP contribution in [-0.2, 0) is 6.42 Å². The molecule has 0 saturated heterocycles. The van der Waals surface area contributed by atoms with Crippen LogP contribution in [0, 0.1) is 3.57 Å². The van der Waals surface area contributed by atoms with Gasteiger partial charge in [0, 0.05) is 8.59 Å². The summed E-state index contributed by atoms with van der Waals surface area (Å²) in [6.45, 7) is 0. The Balaban J connectivity index is 2.28. The summed E-state index contributed by atoms with van der Waals surface area (Å²) in [5.41, 5.74) is 5.50. The van der Waals surface area contributed by atoms with Gasteiger partial charge >= 0.3 is 0 Å². The molecule has 15 heavy (non-hydrogen) atoms. The molecular weight excluding hydrogens is 319 g/mol. The summed E-state index contributed by atoms with van der Waals surface area (Å²) < 4.78 is 1.34. The lowest BCUT2D eigenvalue weighted by atomic mass is 10.1. The van der Waals surface area contributed by atoms with E-state index in [9.17, 15) is 0 Å². The van der Waals surface area contributed by atoms with E-state index in [1.807, 2.05) is 6.07 Å². The predicted molar refractivity (Wildman–Crippen MR) is 72.4 cm³/mol. The molecule has 3 rings (SSSR count). The molecule has 1 aliphatic rings. The molecule has 0 radical (unpaired) electrons. The van der Waals surface area contributed by atoms with E-state index >= 15 is 0 Å². The van der Waals surface area contributed by atoms with Crippen LogP contribution in [0.4, 0.5) is 0 Å². The van der Waals surface area contributed by atoms with E-state index in [4.69, 9.17) is 11.6 Å². The van der Waals surface area contributed by atoms with E-state index in [2.05, 4.69) is 52.9 Å². The van der Waals surface area contributed by atoms with Crippen molar-refractivity contribution in [3.63, 3.8) is 0 Å². The lowest BCUT2D eigenvalue weighted by Crippen LogP contribution is -1.84. The first kappa shape index (κ1) is 9.67. The Morgan fingerprint density at radius 1 is 1.07 bits per heavy atom. The average molecular weight is 327 g/mol. The lowest BCUT2D eigenvalue weighted by Gasteiger charge is -2.01. The maximum Gasteiger partial charge on any atom is 0.0409 e. The zero-order valence-electron chi connectivity index (χ0n) is 7.93. The summed E-state index contributed by atoms with van der Waals surface area (Å²) in [6, 6.07) is 12.6. The molecule has 0 atom stereocenters. The van der Waals surface area contributed by atoms with Crippen LogP contribution < -0.4 is 0 Å². The van der Waals surface area contributed by atoms with Gasteiger partial charge in [0.05, 0.1) is 0 Å². The Labute approximate surface area is 107 Å². The van der Waals surface area contributed by atoms with E-state index < -0.39 is 0 Å². The van der Waals surface area contributed by atoms with E-state index in [-0.39, 0.29) is 0 Å². The van der Waals surface area contributed by atoms with E-state index in [1.165, 1.54) is 25.8 Å². The second-order valence-corrected chi connectivity index (χ2v) is 5.34. The molecule has 0 saturated carbocycles. The van der Waals surface area contributed by atoms with Crippen molar-refractivity contribution >= 4 is 34.2 Å². The summed E-state index contributed by atoms with van der Waals surface area (Å²) in [5.74, 6) is 0. The van der Waals surface area contributed by atoms with Crippen molar-refractivity contribution in [1.29, 1.82) is 0 Å². The van der Waals surface area contributed by atoms with Crippen molar-refractivity contribution < 1.29 is 0 Å². The molecule has 1 aliphatic carbocycles. The number of hydrogen-bond donors (Lipinski definition) is 0. The molecule has 2 aromatic rings. The first-order valence-electron chi connectivity index (χ1n) is 4.82. The minimum absolute atomic E-state index is 0.830. The normalized spacial score (nSPS) is 12.4. The van der Waals surface area contributed by atoms with E-state index in [0.717, 1.165) is 11.4 Å². The molecule has 0 unspecified atom stereocenters. The summed E-state index contributed by atoms with van der Waals surface area (Å²) in [6.07, 6.45) is 1.02. The van der Waals surface area contributed by atoms with Crippen LogP contribution >= 0.6 is 34.2 Å². The second-order valence-electron chi connectivity index (χ2n) is 3.74. The quantitative estimate of drug-likeness (QED) is 0.533. The summed E-state index contributed by atoms with van der Waals surface area (Å²) in [7, 11) is 0. The highest BCUT2D eigenvalue weighted by atomic mass is 127. The van der Waals surface area contributed by atoms with Crippen molar-refractivity contribution in [3.8, 4) is 11.1 Å². The van der Waals surface area contributed by atoms with Crippen LogP contribution in [0.1, 0.15) is 11.1 Å². The third-order valence-electron chi connectivity index (χ3n) is 2.84. The van der Waals surface area contributed by atoms with Gasteiger partial charge < -0.3 is 0 Å². The number of halogens is 2. The molecule has 0 fully saturated rings. The minimum Gasteiger partial charge on any atom is -0.0843 e. The summed E-state index contributed by atoms with van der Waals surface area (Å²) >= 11 is 8.40. The maximum absolute atomic E-state index is 6.00. The van der Waals surface area contributed by atoms with Gasteiger partial charge in [0.2, 0.25) is 0 Å². The fraction of sp³-hybridized carbons (Fsp3) is 0.0769. The highest BCUT2D eigenvalue weighted by molar-refractivity contribution is 14.1. The molecule has 0 heterocycles. The van der Waals surface area contributed by atoms with Gasteiger partial charge in [-0.2, -0.15) is 0 Å². The largest absolute Gasteiger partial charge is 0.0843 e. The van der Waals surface area contributed by atoms with Crippen LogP contribution in [0.3, 0.4) is 0 Å². The van der Waals surface area contributed by atoms with Crippen LogP contribution in [-0.4, -0.2) is 0 Å². The number of rotatable bonds is 0. The van der Waals surface area contributed by atoms with Gasteiger partial charge in [-0.15, -0.1) is 0 Å². The Morgan fingerprint density at radius 2 is 1.93 bits per heavy atom. The molecule has 0 aromatic heterocycles. The minimum atomic E-state index is 0.830. The third-order valence-corrected chi connectivity index (χ3v) is 4.09. The predicted octanol–water partition coefficient (Wildman–Crippen LogP) is 4.52. The topological polar surface area (TPSA) is 0 Å². The molecular formula is C13H8ClI. The highest BCUT2D eigenvalue weighted by Gasteiger charge is 2.19. The Kier molecular flexibility index (Phi) is 2.25. The molecule has 2 aromatic carbocycles. The van der Waals surface area contributed by atoms with Crippen molar-refractivity contribution in [2.45, 2.75) is 6.42 Å². The van der Waals surface area contributed by atoms with Gasteiger partial charge in [-0.1, -0.05) is 29.8 Å². The molecule has 0 aliphatic heterocycles. The molecule has 74 valence electrons. The summed E-state index contributed by atoms with van der Waals surface area (Å²) in [4.78, 5) is 0. The first-order valence-corrected chi connectivity index (χ1v) is 6.27. The van der Waals surface area contributed by atoms with Crippen molar-refractivity contribution in [2.24, 2.45) is 0 Å². The molecule has 2 heteroatoms. The van der Waals surface area contributed by atoms with Crippen molar-refractivity contribution in [1.82, 2.24) is 0 Å². The monoisotopic (exact) mass is 326 g/mol. The third kappa shape index (κ3) is 1.49.